The summed E-state index contributed by atoms with van der Waals surface area (Å²) in [5.74, 6) is -0.201. The second-order valence-corrected chi connectivity index (χ2v) is 5.20. The Kier molecular flexibility index (Phi) is 4.49. The molecule has 1 amide bonds. The van der Waals surface area contributed by atoms with Crippen LogP contribution in [0.1, 0.15) is 5.56 Å². The van der Waals surface area contributed by atoms with Crippen LogP contribution >= 0.6 is 11.6 Å². The molecular formula is C17H13ClN4O. The van der Waals surface area contributed by atoms with E-state index in [0.717, 1.165) is 11.3 Å². The maximum atomic E-state index is 11.9. The van der Waals surface area contributed by atoms with Crippen molar-refractivity contribution in [3.05, 3.63) is 77.8 Å². The molecule has 0 aliphatic rings. The van der Waals surface area contributed by atoms with Crippen LogP contribution < -0.4 is 5.32 Å². The Bertz CT molecular complexity index is 809. The van der Waals surface area contributed by atoms with E-state index in [4.69, 9.17) is 11.6 Å². The van der Waals surface area contributed by atoms with Gasteiger partial charge in [0.1, 0.15) is 12.7 Å². The molecule has 0 aliphatic heterocycles. The minimum absolute atomic E-state index is 0.201. The first-order valence-corrected chi connectivity index (χ1v) is 7.28. The van der Waals surface area contributed by atoms with Gasteiger partial charge >= 0.3 is 0 Å². The first-order chi connectivity index (χ1) is 11.2. The lowest BCUT2D eigenvalue weighted by molar-refractivity contribution is -0.111. The van der Waals surface area contributed by atoms with Crippen molar-refractivity contribution in [1.82, 2.24) is 14.8 Å². The van der Waals surface area contributed by atoms with Gasteiger partial charge in [0, 0.05) is 16.8 Å². The number of rotatable bonds is 4. The minimum atomic E-state index is -0.201. The molecule has 1 N–H and O–H groups in total. The Morgan fingerprint density at radius 1 is 1.09 bits per heavy atom. The van der Waals surface area contributed by atoms with E-state index in [1.165, 1.54) is 12.4 Å². The van der Waals surface area contributed by atoms with Crippen molar-refractivity contribution < 1.29 is 4.79 Å². The third kappa shape index (κ3) is 4.05. The summed E-state index contributed by atoms with van der Waals surface area (Å²) in [6, 6.07) is 14.6. The molecule has 0 radical (unpaired) electrons. The fourth-order valence-electron chi connectivity index (χ4n) is 1.97. The Morgan fingerprint density at radius 2 is 1.83 bits per heavy atom. The van der Waals surface area contributed by atoms with Gasteiger partial charge in [-0.05, 0) is 48.0 Å². The highest BCUT2D eigenvalue weighted by Crippen LogP contribution is 2.13. The summed E-state index contributed by atoms with van der Waals surface area (Å²) >= 11 is 5.82. The van der Waals surface area contributed by atoms with Crippen LogP contribution in [0.2, 0.25) is 5.02 Å². The molecule has 0 unspecified atom stereocenters. The number of nitrogens with one attached hydrogen (secondary N) is 1. The number of amides is 1. The summed E-state index contributed by atoms with van der Waals surface area (Å²) in [7, 11) is 0. The number of halogens is 1. The molecule has 114 valence electrons. The summed E-state index contributed by atoms with van der Waals surface area (Å²) in [5.41, 5.74) is 2.49. The van der Waals surface area contributed by atoms with Gasteiger partial charge in [0.15, 0.2) is 0 Å². The van der Waals surface area contributed by atoms with Gasteiger partial charge in [0.2, 0.25) is 5.91 Å². The van der Waals surface area contributed by atoms with Crippen molar-refractivity contribution in [2.24, 2.45) is 0 Å². The highest BCUT2D eigenvalue weighted by atomic mass is 35.5. The molecule has 0 fully saturated rings. The number of anilines is 1. The number of aromatic nitrogens is 3. The summed E-state index contributed by atoms with van der Waals surface area (Å²) in [4.78, 5) is 15.8. The zero-order valence-electron chi connectivity index (χ0n) is 12.1. The fourth-order valence-corrected chi connectivity index (χ4v) is 2.09. The number of nitrogens with zero attached hydrogens (tertiary/aromatic N) is 3. The third-order valence-corrected chi connectivity index (χ3v) is 3.37. The van der Waals surface area contributed by atoms with Crippen molar-refractivity contribution in [2.75, 3.05) is 5.32 Å². The third-order valence-electron chi connectivity index (χ3n) is 3.12. The van der Waals surface area contributed by atoms with Gasteiger partial charge in [-0.3, -0.25) is 4.79 Å². The van der Waals surface area contributed by atoms with E-state index >= 15 is 0 Å². The topological polar surface area (TPSA) is 59.8 Å². The Hall–Kier alpha value is -2.92. The zero-order chi connectivity index (χ0) is 16.1. The van der Waals surface area contributed by atoms with Crippen molar-refractivity contribution >= 4 is 29.3 Å². The second kappa shape index (κ2) is 6.89. The van der Waals surface area contributed by atoms with Gasteiger partial charge in [-0.15, -0.1) is 0 Å². The second-order valence-electron chi connectivity index (χ2n) is 4.76. The highest BCUT2D eigenvalue weighted by molar-refractivity contribution is 6.30. The van der Waals surface area contributed by atoms with Gasteiger partial charge in [-0.1, -0.05) is 23.7 Å². The number of carbonyl (C=O) groups is 1. The average molecular weight is 325 g/mol. The predicted molar refractivity (Wildman–Crippen MR) is 90.5 cm³/mol. The van der Waals surface area contributed by atoms with Gasteiger partial charge in [0.25, 0.3) is 0 Å². The molecule has 23 heavy (non-hydrogen) atoms. The molecule has 5 nitrogen and oxygen atoms in total. The van der Waals surface area contributed by atoms with Crippen LogP contribution in [0, 0.1) is 0 Å². The van der Waals surface area contributed by atoms with E-state index in [0.29, 0.717) is 10.7 Å². The monoisotopic (exact) mass is 324 g/mol. The van der Waals surface area contributed by atoms with Crippen LogP contribution in [0.4, 0.5) is 5.69 Å². The van der Waals surface area contributed by atoms with E-state index in [1.54, 1.807) is 29.2 Å². The molecule has 2 aromatic carbocycles. The lowest BCUT2D eigenvalue weighted by Crippen LogP contribution is -2.07. The molecule has 3 aromatic rings. The highest BCUT2D eigenvalue weighted by Gasteiger charge is 2.00. The molecule has 0 saturated carbocycles. The zero-order valence-corrected chi connectivity index (χ0v) is 12.8. The van der Waals surface area contributed by atoms with Crippen molar-refractivity contribution in [1.29, 1.82) is 0 Å². The van der Waals surface area contributed by atoms with E-state index in [2.05, 4.69) is 15.4 Å². The lowest BCUT2D eigenvalue weighted by Gasteiger charge is -2.04. The van der Waals surface area contributed by atoms with E-state index in [1.807, 2.05) is 36.4 Å². The molecule has 0 aliphatic carbocycles. The number of carbonyl (C=O) groups excluding carboxylic acids is 1. The smallest absolute Gasteiger partial charge is 0.248 e. The van der Waals surface area contributed by atoms with Crippen molar-refractivity contribution in [3.63, 3.8) is 0 Å². The van der Waals surface area contributed by atoms with E-state index in [-0.39, 0.29) is 5.91 Å². The maximum absolute atomic E-state index is 11.9. The lowest BCUT2D eigenvalue weighted by atomic mass is 10.2. The van der Waals surface area contributed by atoms with Crippen LogP contribution in [0.25, 0.3) is 11.8 Å². The summed E-state index contributed by atoms with van der Waals surface area (Å²) in [5, 5.41) is 7.51. The van der Waals surface area contributed by atoms with Crippen LogP contribution in [0.15, 0.2) is 67.3 Å². The standard InChI is InChI=1S/C17H13ClN4O/c18-14-4-1-13(2-5-14)3-10-17(23)21-15-6-8-16(9-7-15)22-12-19-11-20-22/h1-12H,(H,21,23)/b10-3+. The molecule has 1 heterocycles. The molecule has 0 atom stereocenters. The average Bonchev–Trinajstić information content (AvgIpc) is 3.09. The van der Waals surface area contributed by atoms with Gasteiger partial charge in [-0.2, -0.15) is 5.10 Å². The van der Waals surface area contributed by atoms with E-state index < -0.39 is 0 Å². The largest absolute Gasteiger partial charge is 0.323 e. The number of hydrogen-bond donors (Lipinski definition) is 1. The molecule has 3 rings (SSSR count). The SMILES string of the molecule is O=C(/C=C/c1ccc(Cl)cc1)Nc1ccc(-n2cncn2)cc1. The molecule has 1 aromatic heterocycles. The van der Waals surface area contributed by atoms with Crippen molar-refractivity contribution in [2.45, 2.75) is 0 Å². The summed E-state index contributed by atoms with van der Waals surface area (Å²) < 4.78 is 1.64. The first kappa shape index (κ1) is 15.0. The minimum Gasteiger partial charge on any atom is -0.323 e. The Morgan fingerprint density at radius 3 is 2.48 bits per heavy atom. The Labute approximate surface area is 138 Å². The normalized spacial score (nSPS) is 10.8. The molecule has 6 heteroatoms. The molecular weight excluding hydrogens is 312 g/mol. The van der Waals surface area contributed by atoms with Gasteiger partial charge in [0.05, 0.1) is 5.69 Å². The Balaban J connectivity index is 1.62. The first-order valence-electron chi connectivity index (χ1n) is 6.90. The van der Waals surface area contributed by atoms with Crippen LogP contribution in [-0.2, 0) is 4.79 Å². The van der Waals surface area contributed by atoms with Crippen LogP contribution in [0.5, 0.6) is 0 Å². The fraction of sp³-hybridized carbons (Fsp3) is 0. The summed E-state index contributed by atoms with van der Waals surface area (Å²) in [6.45, 7) is 0. The van der Waals surface area contributed by atoms with Gasteiger partial charge < -0.3 is 5.32 Å². The quantitative estimate of drug-likeness (QED) is 0.746. The number of benzene rings is 2. The van der Waals surface area contributed by atoms with Gasteiger partial charge in [-0.25, -0.2) is 9.67 Å². The predicted octanol–water partition coefficient (Wildman–Crippen LogP) is 3.57. The van der Waals surface area contributed by atoms with Crippen LogP contribution in [0.3, 0.4) is 0 Å². The summed E-state index contributed by atoms with van der Waals surface area (Å²) in [6.07, 6.45) is 6.30. The van der Waals surface area contributed by atoms with E-state index in [9.17, 15) is 4.79 Å². The molecule has 0 saturated heterocycles. The number of hydrogen-bond acceptors (Lipinski definition) is 3. The van der Waals surface area contributed by atoms with Crippen molar-refractivity contribution in [3.8, 4) is 5.69 Å². The maximum Gasteiger partial charge on any atom is 0.248 e. The molecule has 0 spiro atoms. The van der Waals surface area contributed by atoms with Crippen LogP contribution in [-0.4, -0.2) is 20.7 Å². The molecule has 0 bridgehead atoms.